The van der Waals surface area contributed by atoms with Crippen molar-refractivity contribution >= 4 is 11.7 Å². The van der Waals surface area contributed by atoms with Crippen LogP contribution in [0.25, 0.3) is 0 Å². The number of carbonyl (C=O) groups excluding carboxylic acids is 1. The average Bonchev–Trinajstić information content (AvgIpc) is 2.91. The van der Waals surface area contributed by atoms with Crippen LogP contribution < -0.4 is 4.90 Å². The van der Waals surface area contributed by atoms with Gasteiger partial charge < -0.3 is 9.42 Å². The Hall–Kier alpha value is -1.39. The van der Waals surface area contributed by atoms with Crippen LogP contribution in [0.2, 0.25) is 0 Å². The Kier molecular flexibility index (Phi) is 3.30. The number of Topliss-reactive ketones (excluding diaryl/α,β-unsaturated/α-hetero) is 1. The third-order valence-electron chi connectivity index (χ3n) is 3.92. The standard InChI is InChI=1S/C13H19N3O2/c17-11-7-5-6-10(11)12-14-13(15-18-12)16-8-3-1-2-4-9-16/h10H,1-9H2. The van der Waals surface area contributed by atoms with Crippen molar-refractivity contribution in [1.82, 2.24) is 10.1 Å². The molecule has 2 heterocycles. The van der Waals surface area contributed by atoms with Gasteiger partial charge in [0.15, 0.2) is 0 Å². The second-order valence-electron chi connectivity index (χ2n) is 5.25. The monoisotopic (exact) mass is 249 g/mol. The summed E-state index contributed by atoms with van der Waals surface area (Å²) in [5.41, 5.74) is 0. The van der Waals surface area contributed by atoms with Crippen molar-refractivity contribution in [3.05, 3.63) is 5.89 Å². The molecule has 1 aromatic rings. The second-order valence-corrected chi connectivity index (χ2v) is 5.25. The van der Waals surface area contributed by atoms with Gasteiger partial charge in [-0.3, -0.25) is 4.79 Å². The Morgan fingerprint density at radius 2 is 1.89 bits per heavy atom. The Morgan fingerprint density at radius 3 is 2.56 bits per heavy atom. The summed E-state index contributed by atoms with van der Waals surface area (Å²) >= 11 is 0. The van der Waals surface area contributed by atoms with Gasteiger partial charge in [0, 0.05) is 19.5 Å². The molecule has 1 atom stereocenters. The van der Waals surface area contributed by atoms with Gasteiger partial charge >= 0.3 is 0 Å². The molecule has 5 nitrogen and oxygen atoms in total. The van der Waals surface area contributed by atoms with Gasteiger partial charge in [-0.25, -0.2) is 0 Å². The minimum Gasteiger partial charge on any atom is -0.338 e. The van der Waals surface area contributed by atoms with Gasteiger partial charge in [-0.15, -0.1) is 0 Å². The van der Waals surface area contributed by atoms with Gasteiger partial charge in [0.2, 0.25) is 5.89 Å². The van der Waals surface area contributed by atoms with Crippen molar-refractivity contribution in [3.63, 3.8) is 0 Å². The third kappa shape index (κ3) is 2.26. The van der Waals surface area contributed by atoms with E-state index in [0.717, 1.165) is 25.9 Å². The predicted molar refractivity (Wildman–Crippen MR) is 66.6 cm³/mol. The number of ketones is 1. The van der Waals surface area contributed by atoms with E-state index in [-0.39, 0.29) is 11.7 Å². The van der Waals surface area contributed by atoms with Crippen LogP contribution >= 0.6 is 0 Å². The second kappa shape index (κ2) is 5.08. The molecular weight excluding hydrogens is 230 g/mol. The number of rotatable bonds is 2. The summed E-state index contributed by atoms with van der Waals surface area (Å²) in [6.07, 6.45) is 7.40. The van der Waals surface area contributed by atoms with E-state index in [0.29, 0.717) is 18.3 Å². The lowest BCUT2D eigenvalue weighted by Gasteiger charge is -2.16. The third-order valence-corrected chi connectivity index (χ3v) is 3.92. The van der Waals surface area contributed by atoms with Crippen LogP contribution in [-0.4, -0.2) is 29.0 Å². The molecule has 3 rings (SSSR count). The molecule has 0 N–H and O–H groups in total. The number of anilines is 1. The fraction of sp³-hybridized carbons (Fsp3) is 0.769. The van der Waals surface area contributed by atoms with Crippen molar-refractivity contribution in [1.29, 1.82) is 0 Å². The van der Waals surface area contributed by atoms with Crippen molar-refractivity contribution in [2.24, 2.45) is 0 Å². The highest BCUT2D eigenvalue weighted by Gasteiger charge is 2.31. The lowest BCUT2D eigenvalue weighted by atomic mass is 10.1. The Labute approximate surface area is 107 Å². The van der Waals surface area contributed by atoms with E-state index in [9.17, 15) is 4.79 Å². The van der Waals surface area contributed by atoms with E-state index in [4.69, 9.17) is 4.52 Å². The van der Waals surface area contributed by atoms with Gasteiger partial charge in [0.1, 0.15) is 5.78 Å². The molecule has 1 aliphatic heterocycles. The highest BCUT2D eigenvalue weighted by molar-refractivity contribution is 5.86. The molecular formula is C13H19N3O2. The van der Waals surface area contributed by atoms with Gasteiger partial charge in [0.25, 0.3) is 5.95 Å². The topological polar surface area (TPSA) is 59.2 Å². The minimum absolute atomic E-state index is 0.141. The minimum atomic E-state index is -0.141. The maximum absolute atomic E-state index is 11.7. The number of aromatic nitrogens is 2. The molecule has 1 saturated heterocycles. The highest BCUT2D eigenvalue weighted by atomic mass is 16.5. The fourth-order valence-electron chi connectivity index (χ4n) is 2.84. The quantitative estimate of drug-likeness (QED) is 0.804. The van der Waals surface area contributed by atoms with Crippen LogP contribution in [-0.2, 0) is 4.79 Å². The van der Waals surface area contributed by atoms with Crippen LogP contribution in [0.3, 0.4) is 0 Å². The van der Waals surface area contributed by atoms with E-state index in [1.54, 1.807) is 0 Å². The van der Waals surface area contributed by atoms with E-state index in [2.05, 4.69) is 15.0 Å². The van der Waals surface area contributed by atoms with Crippen LogP contribution in [0.1, 0.15) is 56.8 Å². The normalized spacial score (nSPS) is 25.4. The molecule has 1 unspecified atom stereocenters. The first-order chi connectivity index (χ1) is 8.84. The highest BCUT2D eigenvalue weighted by Crippen LogP contribution is 2.31. The fourth-order valence-corrected chi connectivity index (χ4v) is 2.84. The maximum atomic E-state index is 11.7. The smallest absolute Gasteiger partial charge is 0.266 e. The summed E-state index contributed by atoms with van der Waals surface area (Å²) in [6, 6.07) is 0. The van der Waals surface area contributed by atoms with Gasteiger partial charge in [0.05, 0.1) is 5.92 Å². The van der Waals surface area contributed by atoms with Crippen LogP contribution in [0.5, 0.6) is 0 Å². The lowest BCUT2D eigenvalue weighted by molar-refractivity contribution is -0.119. The first kappa shape index (κ1) is 11.7. The maximum Gasteiger partial charge on any atom is 0.266 e. The zero-order valence-corrected chi connectivity index (χ0v) is 10.6. The molecule has 1 aliphatic carbocycles. The lowest BCUT2D eigenvalue weighted by Crippen LogP contribution is -2.25. The van der Waals surface area contributed by atoms with E-state index >= 15 is 0 Å². The summed E-state index contributed by atoms with van der Waals surface area (Å²) in [6.45, 7) is 2.00. The predicted octanol–water partition coefficient (Wildman–Crippen LogP) is 2.29. The van der Waals surface area contributed by atoms with Gasteiger partial charge in [-0.2, -0.15) is 4.98 Å². The van der Waals surface area contributed by atoms with E-state index < -0.39 is 0 Å². The van der Waals surface area contributed by atoms with Gasteiger partial charge in [-0.05, 0) is 30.8 Å². The zero-order valence-electron chi connectivity index (χ0n) is 10.6. The molecule has 1 saturated carbocycles. The average molecular weight is 249 g/mol. The molecule has 2 fully saturated rings. The van der Waals surface area contributed by atoms with Crippen LogP contribution in [0.4, 0.5) is 5.95 Å². The summed E-state index contributed by atoms with van der Waals surface area (Å²) < 4.78 is 5.29. The molecule has 0 bridgehead atoms. The SMILES string of the molecule is O=C1CCCC1c1nc(N2CCCCCC2)no1. The summed E-state index contributed by atoms with van der Waals surface area (Å²) in [4.78, 5) is 18.3. The van der Waals surface area contributed by atoms with E-state index in [1.165, 1.54) is 25.7 Å². The number of hydrogen-bond donors (Lipinski definition) is 0. The summed E-state index contributed by atoms with van der Waals surface area (Å²) in [5.74, 6) is 1.31. The number of nitrogens with zero attached hydrogens (tertiary/aromatic N) is 3. The Morgan fingerprint density at radius 1 is 1.11 bits per heavy atom. The summed E-state index contributed by atoms with van der Waals surface area (Å²) in [7, 11) is 0. The van der Waals surface area contributed by atoms with Crippen LogP contribution in [0, 0.1) is 0 Å². The van der Waals surface area contributed by atoms with Crippen molar-refractivity contribution in [2.45, 2.75) is 50.9 Å². The molecule has 18 heavy (non-hydrogen) atoms. The van der Waals surface area contributed by atoms with Gasteiger partial charge in [-0.1, -0.05) is 12.8 Å². The molecule has 0 aromatic carbocycles. The Balaban J connectivity index is 1.74. The molecule has 1 aromatic heterocycles. The molecule has 0 spiro atoms. The van der Waals surface area contributed by atoms with Crippen molar-refractivity contribution < 1.29 is 9.32 Å². The first-order valence-corrected chi connectivity index (χ1v) is 6.96. The van der Waals surface area contributed by atoms with Crippen molar-refractivity contribution in [2.75, 3.05) is 18.0 Å². The molecule has 2 aliphatic rings. The van der Waals surface area contributed by atoms with Crippen molar-refractivity contribution in [3.8, 4) is 0 Å². The largest absolute Gasteiger partial charge is 0.338 e. The van der Waals surface area contributed by atoms with Crippen LogP contribution in [0.15, 0.2) is 4.52 Å². The number of hydrogen-bond acceptors (Lipinski definition) is 5. The molecule has 98 valence electrons. The molecule has 5 heteroatoms. The molecule has 0 amide bonds. The Bertz CT molecular complexity index is 422. The zero-order chi connectivity index (χ0) is 12.4. The summed E-state index contributed by atoms with van der Waals surface area (Å²) in [5, 5.41) is 4.05. The molecule has 0 radical (unpaired) electrons. The first-order valence-electron chi connectivity index (χ1n) is 6.96. The number of carbonyl (C=O) groups is 1. The van der Waals surface area contributed by atoms with E-state index in [1.807, 2.05) is 0 Å².